The second-order valence-electron chi connectivity index (χ2n) is 18.8. The molecule has 0 aliphatic heterocycles. The Morgan fingerprint density at radius 3 is 1.00 bits per heavy atom. The summed E-state index contributed by atoms with van der Waals surface area (Å²) in [4.78, 5) is 0. The maximum absolute atomic E-state index is 9.32. The van der Waals surface area contributed by atoms with Gasteiger partial charge in [-0.05, 0) is 35.4 Å². The molecule has 1 radical (unpaired) electrons. The number of benzene rings is 2. The van der Waals surface area contributed by atoms with Gasteiger partial charge in [0.05, 0.1) is 23.0 Å². The lowest BCUT2D eigenvalue weighted by atomic mass is 10.2. The van der Waals surface area contributed by atoms with Crippen LogP contribution in [0.2, 0.25) is 30.2 Å². The van der Waals surface area contributed by atoms with Gasteiger partial charge < -0.3 is 0 Å². The lowest BCUT2D eigenvalue weighted by molar-refractivity contribution is 0.551. The molecule has 0 N–H and O–H groups in total. The fraction of sp³-hybridized carbons (Fsp3) is 0.667. The predicted octanol–water partition coefficient (Wildman–Crippen LogP) is 11.4. The summed E-state index contributed by atoms with van der Waals surface area (Å²) in [6, 6.07) is 23.5. The lowest BCUT2D eigenvalue weighted by Crippen LogP contribution is -2.92. The Morgan fingerprint density at radius 2 is 0.732 bits per heavy atom. The highest BCUT2D eigenvalue weighted by Gasteiger charge is 2.79. The summed E-state index contributed by atoms with van der Waals surface area (Å²) in [6.07, 6.45) is -2.87. The Kier molecular flexibility index (Phi) is 10.0. The van der Waals surface area contributed by atoms with E-state index in [0.29, 0.717) is 0 Å². The lowest BCUT2D eigenvalue weighted by Gasteiger charge is -2.72. The molecule has 0 amide bonds. The largest absolute Gasteiger partial charge is 0.169 e. The van der Waals surface area contributed by atoms with E-state index >= 15 is 0 Å². The van der Waals surface area contributed by atoms with Crippen molar-refractivity contribution in [3.8, 4) is 0 Å². The van der Waals surface area contributed by atoms with Crippen LogP contribution in [0.15, 0.2) is 60.7 Å². The average molecular weight is 645 g/mol. The quantitative estimate of drug-likeness (QED) is 0.224. The van der Waals surface area contributed by atoms with Gasteiger partial charge in [-0.15, -0.1) is 0 Å². The van der Waals surface area contributed by atoms with Gasteiger partial charge in [0, 0.05) is 0 Å². The number of rotatable bonds is 5. The highest BCUT2D eigenvalue weighted by molar-refractivity contribution is 7.95. The van der Waals surface area contributed by atoms with Crippen LogP contribution in [0.4, 0.5) is 0 Å². The molecule has 0 aromatic heterocycles. The van der Waals surface area contributed by atoms with Crippen molar-refractivity contribution in [2.45, 2.75) is 155 Å². The zero-order valence-electron chi connectivity index (χ0n) is 30.2. The van der Waals surface area contributed by atoms with Crippen LogP contribution in [0.1, 0.15) is 125 Å². The van der Waals surface area contributed by atoms with E-state index in [2.05, 4.69) is 185 Å². The van der Waals surface area contributed by atoms with Gasteiger partial charge in [-0.3, -0.25) is 0 Å². The molecule has 0 spiro atoms. The van der Waals surface area contributed by atoms with E-state index in [1.807, 2.05) is 0 Å². The minimum absolute atomic E-state index is 0.0891. The van der Waals surface area contributed by atoms with Crippen molar-refractivity contribution < 1.29 is 0 Å². The Bertz CT molecular complexity index is 1080. The van der Waals surface area contributed by atoms with Crippen molar-refractivity contribution in [1.82, 2.24) is 0 Å². The Balaban J connectivity index is 3.63. The minimum atomic E-state index is -2.87. The predicted molar refractivity (Wildman–Crippen MR) is 199 cm³/mol. The third-order valence-corrected chi connectivity index (χ3v) is 73.6. The molecular formula is C36H64ClSi4. The molecule has 0 heterocycles. The van der Waals surface area contributed by atoms with Gasteiger partial charge in [0.1, 0.15) is 0 Å². The first kappa shape index (κ1) is 36.8. The monoisotopic (exact) mass is 643 g/mol. The second-order valence-corrected chi connectivity index (χ2v) is 52.6. The van der Waals surface area contributed by atoms with Gasteiger partial charge in [0.2, 0.25) is 0 Å². The zero-order chi connectivity index (χ0) is 32.3. The maximum atomic E-state index is 9.32. The van der Waals surface area contributed by atoms with E-state index in [1.165, 1.54) is 5.19 Å². The second kappa shape index (κ2) is 11.2. The molecule has 0 saturated heterocycles. The molecule has 0 aliphatic rings. The Hall–Kier alpha value is -0.402. The molecule has 0 saturated carbocycles. The first-order valence-corrected chi connectivity index (χ1v) is 27.3. The Morgan fingerprint density at radius 1 is 0.439 bits per heavy atom. The Labute approximate surface area is 265 Å². The van der Waals surface area contributed by atoms with Crippen molar-refractivity contribution in [3.05, 3.63) is 60.7 Å². The number of hydrogen-bond acceptors (Lipinski definition) is 0. The fourth-order valence-corrected chi connectivity index (χ4v) is 114. The summed E-state index contributed by atoms with van der Waals surface area (Å²) in [6.45, 7) is 46.5. The van der Waals surface area contributed by atoms with E-state index in [-0.39, 0.29) is 30.2 Å². The first-order valence-electron chi connectivity index (χ1n) is 15.8. The topological polar surface area (TPSA) is 0 Å². The van der Waals surface area contributed by atoms with E-state index < -0.39 is 29.4 Å². The van der Waals surface area contributed by atoms with Crippen molar-refractivity contribution >= 4 is 50.9 Å². The third-order valence-electron chi connectivity index (χ3n) is 10.2. The smallest absolute Gasteiger partial charge is 0.168 e. The molecule has 2 aromatic carbocycles. The normalized spacial score (nSPS) is 16.6. The van der Waals surface area contributed by atoms with Crippen LogP contribution >= 0.6 is 11.1 Å². The van der Waals surface area contributed by atoms with E-state index in [4.69, 9.17) is 0 Å². The van der Waals surface area contributed by atoms with Crippen LogP contribution in [0.5, 0.6) is 0 Å². The number of hydrogen-bond donors (Lipinski definition) is 0. The first-order chi connectivity index (χ1) is 18.1. The van der Waals surface area contributed by atoms with Crippen molar-refractivity contribution in [1.29, 1.82) is 0 Å². The van der Waals surface area contributed by atoms with Crippen LogP contribution in [0.3, 0.4) is 0 Å². The van der Waals surface area contributed by atoms with Crippen LogP contribution < -0.4 is 10.4 Å². The average Bonchev–Trinajstić information content (AvgIpc) is 2.72. The molecule has 0 nitrogen and oxygen atoms in total. The molecule has 231 valence electrons. The van der Waals surface area contributed by atoms with E-state index in [9.17, 15) is 11.1 Å². The molecule has 0 bridgehead atoms. The van der Waals surface area contributed by atoms with Crippen molar-refractivity contribution in [3.63, 3.8) is 0 Å². The summed E-state index contributed by atoms with van der Waals surface area (Å²) in [5, 5.41) is 3.78. The molecule has 41 heavy (non-hydrogen) atoms. The van der Waals surface area contributed by atoms with Gasteiger partial charge in [-0.1, -0.05) is 190 Å². The molecule has 2 aromatic rings. The highest BCUT2D eigenvalue weighted by atomic mass is 35.6. The van der Waals surface area contributed by atoms with Gasteiger partial charge >= 0.3 is 0 Å². The molecule has 1 unspecified atom stereocenters. The van der Waals surface area contributed by atoms with Crippen LogP contribution in [0.25, 0.3) is 0 Å². The maximum Gasteiger partial charge on any atom is 0.169 e. The van der Waals surface area contributed by atoms with Gasteiger partial charge in [-0.2, -0.15) is 11.1 Å². The van der Waals surface area contributed by atoms with E-state index in [0.717, 1.165) is 0 Å². The summed E-state index contributed by atoms with van der Waals surface area (Å²) < 4.78 is 0. The molecule has 5 heteroatoms. The standard InChI is InChI=1S/C36H64ClSi4/c1-31(2,3)40(32(4,5)6,33(7,8)9)38(29-25-21-19-22-26-29)39(37,30-27-23-20-24-28-30)41(34(10,11)12,35(13,14)15)36(16,17)18/h19-28H,1-18H3. The molecule has 0 aliphatic carbocycles. The SMILES string of the molecule is CC(C)(C)[Si]([Si](c1ccccc1)[Si](Cl)(c1ccccc1)[Si](C(C)(C)C)(C(C)(C)C)C(C)(C)C)(C(C)(C)C)C(C)(C)C. The summed E-state index contributed by atoms with van der Waals surface area (Å²) in [7, 11) is -6.25. The van der Waals surface area contributed by atoms with E-state index in [1.54, 1.807) is 5.19 Å². The molecule has 2 rings (SSSR count). The fourth-order valence-electron chi connectivity index (χ4n) is 11.9. The minimum Gasteiger partial charge on any atom is -0.168 e. The summed E-state index contributed by atoms with van der Waals surface area (Å²) >= 11 is 9.32. The van der Waals surface area contributed by atoms with Crippen LogP contribution in [-0.4, -0.2) is 29.4 Å². The van der Waals surface area contributed by atoms with Crippen molar-refractivity contribution in [2.75, 3.05) is 0 Å². The molecule has 0 fully saturated rings. The van der Waals surface area contributed by atoms with Gasteiger partial charge in [0.15, 0.2) is 6.42 Å². The van der Waals surface area contributed by atoms with Gasteiger partial charge in [-0.25, -0.2) is 0 Å². The van der Waals surface area contributed by atoms with Gasteiger partial charge in [0.25, 0.3) is 0 Å². The van der Waals surface area contributed by atoms with Crippen LogP contribution in [0, 0.1) is 0 Å². The summed E-state index contributed by atoms with van der Waals surface area (Å²) in [5.74, 6) is 0. The highest BCUT2D eigenvalue weighted by Crippen LogP contribution is 2.70. The number of halogens is 1. The molecule has 1 atom stereocenters. The van der Waals surface area contributed by atoms with Crippen molar-refractivity contribution in [2.24, 2.45) is 0 Å². The zero-order valence-corrected chi connectivity index (χ0v) is 34.9. The molecular weight excluding hydrogens is 580 g/mol. The third kappa shape index (κ3) is 5.53. The van der Waals surface area contributed by atoms with Crippen LogP contribution in [-0.2, 0) is 0 Å². The summed E-state index contributed by atoms with van der Waals surface area (Å²) in [5.41, 5.74) is 0.